The predicted molar refractivity (Wildman–Crippen MR) is 77.1 cm³/mol. The van der Waals surface area contributed by atoms with Crippen LogP contribution in [-0.4, -0.2) is 18.8 Å². The predicted octanol–water partition coefficient (Wildman–Crippen LogP) is 3.16. The minimum atomic E-state index is 0.487. The zero-order chi connectivity index (χ0) is 13.2. The largest absolute Gasteiger partial charge is 0.378 e. The van der Waals surface area contributed by atoms with Gasteiger partial charge in [-0.15, -0.1) is 6.58 Å². The smallest absolute Gasteiger partial charge is 0.0580 e. The third kappa shape index (κ3) is 5.98. The summed E-state index contributed by atoms with van der Waals surface area (Å²) >= 11 is 0. The third-order valence-electron chi connectivity index (χ3n) is 3.91. The summed E-state index contributed by atoms with van der Waals surface area (Å²) in [4.78, 5) is 0. The van der Waals surface area contributed by atoms with Crippen molar-refractivity contribution in [2.45, 2.75) is 70.4 Å². The summed E-state index contributed by atoms with van der Waals surface area (Å²) in [6, 6.07) is 0.487. The average Bonchev–Trinajstić information content (AvgIpc) is 2.34. The van der Waals surface area contributed by atoms with Crippen LogP contribution in [0.3, 0.4) is 0 Å². The van der Waals surface area contributed by atoms with E-state index >= 15 is 0 Å². The maximum absolute atomic E-state index is 5.64. The van der Waals surface area contributed by atoms with E-state index in [2.05, 4.69) is 18.9 Å². The highest BCUT2D eigenvalue weighted by atomic mass is 16.5. The standard InChI is InChI=1S/C15H30N2O/c1-3-5-6-7-8-9-14(17-16)10-13-11-15(12-13)18-4-2/h3,13-15,17H,1,4-12,16H2,2H3. The average molecular weight is 254 g/mol. The van der Waals surface area contributed by atoms with Crippen LogP contribution in [0, 0.1) is 5.92 Å². The van der Waals surface area contributed by atoms with Crippen LogP contribution in [0.1, 0.15) is 58.3 Å². The highest BCUT2D eigenvalue weighted by molar-refractivity contribution is 4.83. The third-order valence-corrected chi connectivity index (χ3v) is 3.91. The molecular weight excluding hydrogens is 224 g/mol. The van der Waals surface area contributed by atoms with Crippen molar-refractivity contribution in [2.24, 2.45) is 11.8 Å². The summed E-state index contributed by atoms with van der Waals surface area (Å²) in [6.45, 7) is 6.66. The summed E-state index contributed by atoms with van der Waals surface area (Å²) < 4.78 is 5.59. The second-order valence-electron chi connectivity index (χ2n) is 5.44. The van der Waals surface area contributed by atoms with Gasteiger partial charge in [0, 0.05) is 12.6 Å². The quantitative estimate of drug-likeness (QED) is 0.258. The van der Waals surface area contributed by atoms with E-state index in [-0.39, 0.29) is 0 Å². The molecule has 0 aromatic rings. The minimum Gasteiger partial charge on any atom is -0.378 e. The van der Waals surface area contributed by atoms with Crippen molar-refractivity contribution in [2.75, 3.05) is 6.61 Å². The van der Waals surface area contributed by atoms with E-state index in [1.165, 1.54) is 44.9 Å². The lowest BCUT2D eigenvalue weighted by atomic mass is 9.77. The number of hydrogen-bond donors (Lipinski definition) is 2. The van der Waals surface area contributed by atoms with Crippen molar-refractivity contribution in [3.63, 3.8) is 0 Å². The summed E-state index contributed by atoms with van der Waals surface area (Å²) in [5.74, 6) is 6.45. The van der Waals surface area contributed by atoms with Gasteiger partial charge in [0.25, 0.3) is 0 Å². The molecule has 1 rings (SSSR count). The monoisotopic (exact) mass is 254 g/mol. The number of nitrogens with two attached hydrogens (primary N) is 1. The molecule has 0 saturated heterocycles. The Morgan fingerprint density at radius 3 is 2.78 bits per heavy atom. The molecule has 1 fully saturated rings. The molecule has 1 unspecified atom stereocenters. The number of hydrazine groups is 1. The van der Waals surface area contributed by atoms with Crippen molar-refractivity contribution < 1.29 is 4.74 Å². The van der Waals surface area contributed by atoms with Gasteiger partial charge in [-0.1, -0.05) is 18.9 Å². The van der Waals surface area contributed by atoms with Gasteiger partial charge < -0.3 is 4.74 Å². The van der Waals surface area contributed by atoms with Crippen LogP contribution in [0.2, 0.25) is 0 Å². The number of ether oxygens (including phenoxy) is 1. The first-order chi connectivity index (χ1) is 8.80. The van der Waals surface area contributed by atoms with Crippen molar-refractivity contribution in [3.05, 3.63) is 12.7 Å². The lowest BCUT2D eigenvalue weighted by molar-refractivity contribution is -0.0293. The summed E-state index contributed by atoms with van der Waals surface area (Å²) in [5, 5.41) is 0. The Morgan fingerprint density at radius 2 is 2.17 bits per heavy atom. The summed E-state index contributed by atoms with van der Waals surface area (Å²) in [7, 11) is 0. The van der Waals surface area contributed by atoms with Gasteiger partial charge in [0.1, 0.15) is 0 Å². The van der Waals surface area contributed by atoms with Crippen molar-refractivity contribution >= 4 is 0 Å². The van der Waals surface area contributed by atoms with Crippen molar-refractivity contribution in [3.8, 4) is 0 Å². The zero-order valence-corrected chi connectivity index (χ0v) is 11.9. The first-order valence-electron chi connectivity index (χ1n) is 7.48. The van der Waals surface area contributed by atoms with E-state index in [1.54, 1.807) is 0 Å². The first kappa shape index (κ1) is 15.7. The van der Waals surface area contributed by atoms with Crippen molar-refractivity contribution in [1.29, 1.82) is 0 Å². The number of rotatable bonds is 11. The molecule has 18 heavy (non-hydrogen) atoms. The second kappa shape index (κ2) is 9.54. The number of hydrogen-bond acceptors (Lipinski definition) is 3. The van der Waals surface area contributed by atoms with Crippen LogP contribution in [0.15, 0.2) is 12.7 Å². The molecule has 1 saturated carbocycles. The Morgan fingerprint density at radius 1 is 1.39 bits per heavy atom. The maximum Gasteiger partial charge on any atom is 0.0580 e. The molecule has 0 bridgehead atoms. The minimum absolute atomic E-state index is 0.487. The molecule has 3 N–H and O–H groups in total. The molecule has 0 amide bonds. The van der Waals surface area contributed by atoms with Crippen molar-refractivity contribution in [1.82, 2.24) is 5.43 Å². The van der Waals surface area contributed by atoms with Crippen LogP contribution >= 0.6 is 0 Å². The molecule has 106 valence electrons. The van der Waals surface area contributed by atoms with E-state index in [0.717, 1.165) is 18.9 Å². The van der Waals surface area contributed by atoms with Gasteiger partial charge in [-0.3, -0.25) is 11.3 Å². The Labute approximate surface area is 112 Å². The molecular formula is C15H30N2O. The first-order valence-corrected chi connectivity index (χ1v) is 7.48. The van der Waals surface area contributed by atoms with Gasteiger partial charge in [-0.25, -0.2) is 0 Å². The lowest BCUT2D eigenvalue weighted by Crippen LogP contribution is -2.41. The fourth-order valence-electron chi connectivity index (χ4n) is 2.77. The van der Waals surface area contributed by atoms with Gasteiger partial charge >= 0.3 is 0 Å². The van der Waals surface area contributed by atoms with E-state index in [4.69, 9.17) is 10.6 Å². The van der Waals surface area contributed by atoms with Crippen LogP contribution < -0.4 is 11.3 Å². The maximum atomic E-state index is 5.64. The Hall–Kier alpha value is -0.380. The van der Waals surface area contributed by atoms with Gasteiger partial charge in [-0.2, -0.15) is 0 Å². The Balaban J connectivity index is 2.02. The van der Waals surface area contributed by atoms with Crippen LogP contribution in [0.5, 0.6) is 0 Å². The number of unbranched alkanes of at least 4 members (excludes halogenated alkanes) is 3. The summed E-state index contributed by atoms with van der Waals surface area (Å²) in [6.07, 6.45) is 12.3. The highest BCUT2D eigenvalue weighted by Crippen LogP contribution is 2.34. The van der Waals surface area contributed by atoms with Crippen LogP contribution in [0.25, 0.3) is 0 Å². The van der Waals surface area contributed by atoms with Crippen LogP contribution in [0.4, 0.5) is 0 Å². The molecule has 3 heteroatoms. The normalized spacial score (nSPS) is 24.6. The molecule has 0 heterocycles. The van der Waals surface area contributed by atoms with Gasteiger partial charge in [-0.05, 0) is 51.4 Å². The Kier molecular flexibility index (Phi) is 8.31. The number of nitrogens with one attached hydrogen (secondary N) is 1. The van der Waals surface area contributed by atoms with E-state index in [9.17, 15) is 0 Å². The molecule has 1 aliphatic rings. The van der Waals surface area contributed by atoms with E-state index in [1.807, 2.05) is 6.08 Å². The highest BCUT2D eigenvalue weighted by Gasteiger charge is 2.30. The van der Waals surface area contributed by atoms with E-state index < -0.39 is 0 Å². The molecule has 3 nitrogen and oxygen atoms in total. The van der Waals surface area contributed by atoms with E-state index in [0.29, 0.717) is 12.1 Å². The Bertz CT molecular complexity index is 215. The zero-order valence-electron chi connectivity index (χ0n) is 11.9. The molecule has 0 aromatic heterocycles. The summed E-state index contributed by atoms with van der Waals surface area (Å²) in [5.41, 5.74) is 2.98. The van der Waals surface area contributed by atoms with Crippen LogP contribution in [-0.2, 0) is 4.74 Å². The SMILES string of the molecule is C=CCCCCCC(CC1CC(OCC)C1)NN. The second-order valence-corrected chi connectivity index (χ2v) is 5.44. The van der Waals surface area contributed by atoms with Gasteiger partial charge in [0.05, 0.1) is 6.10 Å². The fourth-order valence-corrected chi connectivity index (χ4v) is 2.77. The molecule has 1 atom stereocenters. The van der Waals surface area contributed by atoms with Gasteiger partial charge in [0.2, 0.25) is 0 Å². The topological polar surface area (TPSA) is 47.3 Å². The molecule has 1 aliphatic carbocycles. The molecule has 0 radical (unpaired) electrons. The lowest BCUT2D eigenvalue weighted by Gasteiger charge is -2.37. The van der Waals surface area contributed by atoms with Gasteiger partial charge in [0.15, 0.2) is 0 Å². The molecule has 0 aliphatic heterocycles. The fraction of sp³-hybridized carbons (Fsp3) is 0.867. The molecule has 0 spiro atoms. The number of allylic oxidation sites excluding steroid dienone is 1. The molecule has 0 aromatic carbocycles.